The summed E-state index contributed by atoms with van der Waals surface area (Å²) in [6.45, 7) is 3.02. The highest BCUT2D eigenvalue weighted by molar-refractivity contribution is 5.78. The number of ether oxygens (including phenoxy) is 1. The maximum atomic E-state index is 5.10. The van der Waals surface area contributed by atoms with Crippen LogP contribution in [0.5, 0.6) is 6.01 Å². The standard InChI is InChI=1S/C12H17N5O/c1-17-4-3-13-7-10(17)8-5-14-9-6-15-12(18-2)16-11(8)9/h5-6,10,13-14H,3-4,7H2,1-2H3. The van der Waals surface area contributed by atoms with Gasteiger partial charge in [-0.3, -0.25) is 4.90 Å². The van der Waals surface area contributed by atoms with Gasteiger partial charge in [-0.1, -0.05) is 0 Å². The SMILES string of the molecule is COc1ncc2[nH]cc(C3CNCCN3C)c2n1. The van der Waals surface area contributed by atoms with Crippen LogP contribution in [0.15, 0.2) is 12.4 Å². The molecule has 0 amide bonds. The molecule has 0 aliphatic carbocycles. The van der Waals surface area contributed by atoms with Crippen molar-refractivity contribution in [3.05, 3.63) is 18.0 Å². The average molecular weight is 247 g/mol. The number of hydrogen-bond acceptors (Lipinski definition) is 5. The van der Waals surface area contributed by atoms with E-state index in [1.54, 1.807) is 13.3 Å². The summed E-state index contributed by atoms with van der Waals surface area (Å²) in [7, 11) is 3.73. The lowest BCUT2D eigenvalue weighted by Gasteiger charge is -2.32. The summed E-state index contributed by atoms with van der Waals surface area (Å²) in [5.74, 6) is 0. The van der Waals surface area contributed by atoms with Crippen molar-refractivity contribution in [3.63, 3.8) is 0 Å². The van der Waals surface area contributed by atoms with Gasteiger partial charge < -0.3 is 15.0 Å². The summed E-state index contributed by atoms with van der Waals surface area (Å²) < 4.78 is 5.10. The maximum Gasteiger partial charge on any atom is 0.316 e. The minimum absolute atomic E-state index is 0.340. The van der Waals surface area contributed by atoms with Crippen LogP contribution in [0.3, 0.4) is 0 Å². The number of fused-ring (bicyclic) bond motifs is 1. The van der Waals surface area contributed by atoms with E-state index in [2.05, 4.69) is 32.2 Å². The number of piperazine rings is 1. The van der Waals surface area contributed by atoms with Gasteiger partial charge in [0.05, 0.1) is 24.9 Å². The molecule has 2 aromatic rings. The van der Waals surface area contributed by atoms with Gasteiger partial charge in [-0.05, 0) is 7.05 Å². The molecule has 1 unspecified atom stereocenters. The highest BCUT2D eigenvalue weighted by Crippen LogP contribution is 2.27. The van der Waals surface area contributed by atoms with Gasteiger partial charge in [0.25, 0.3) is 0 Å². The van der Waals surface area contributed by atoms with Crippen molar-refractivity contribution in [2.75, 3.05) is 33.8 Å². The van der Waals surface area contributed by atoms with Crippen LogP contribution in [0.2, 0.25) is 0 Å². The van der Waals surface area contributed by atoms with E-state index in [1.165, 1.54) is 5.56 Å². The molecule has 1 aliphatic rings. The molecule has 1 fully saturated rings. The monoisotopic (exact) mass is 247 g/mol. The van der Waals surface area contributed by atoms with E-state index in [4.69, 9.17) is 4.74 Å². The number of hydrogen-bond donors (Lipinski definition) is 2. The summed E-state index contributed by atoms with van der Waals surface area (Å²) in [4.78, 5) is 14.1. The van der Waals surface area contributed by atoms with Gasteiger partial charge in [0.15, 0.2) is 0 Å². The lowest BCUT2D eigenvalue weighted by molar-refractivity contribution is 0.203. The minimum atomic E-state index is 0.340. The normalized spacial score (nSPS) is 21.3. The molecule has 0 radical (unpaired) electrons. The third-order valence-corrected chi connectivity index (χ3v) is 3.48. The molecule has 6 heteroatoms. The lowest BCUT2D eigenvalue weighted by Crippen LogP contribution is -2.43. The summed E-state index contributed by atoms with van der Waals surface area (Å²) in [6, 6.07) is 0.752. The molecule has 96 valence electrons. The third-order valence-electron chi connectivity index (χ3n) is 3.48. The lowest BCUT2D eigenvalue weighted by atomic mass is 10.1. The molecular weight excluding hydrogens is 230 g/mol. The Morgan fingerprint density at radius 3 is 3.17 bits per heavy atom. The Labute approximate surface area is 105 Å². The molecule has 3 heterocycles. The molecule has 6 nitrogen and oxygen atoms in total. The van der Waals surface area contributed by atoms with Gasteiger partial charge in [-0.2, -0.15) is 4.98 Å². The molecule has 0 bridgehead atoms. The van der Waals surface area contributed by atoms with E-state index in [-0.39, 0.29) is 0 Å². The Kier molecular flexibility index (Phi) is 2.89. The van der Waals surface area contributed by atoms with Crippen LogP contribution in [-0.4, -0.2) is 53.6 Å². The highest BCUT2D eigenvalue weighted by Gasteiger charge is 2.24. The number of H-pyrrole nitrogens is 1. The van der Waals surface area contributed by atoms with Gasteiger partial charge in [-0.25, -0.2) is 4.98 Å². The molecule has 1 saturated heterocycles. The Hall–Kier alpha value is -1.66. The van der Waals surface area contributed by atoms with Crippen LogP contribution < -0.4 is 10.1 Å². The molecule has 2 aromatic heterocycles. The van der Waals surface area contributed by atoms with Gasteiger partial charge in [-0.15, -0.1) is 0 Å². The predicted molar refractivity (Wildman–Crippen MR) is 68.7 cm³/mol. The van der Waals surface area contributed by atoms with Crippen LogP contribution in [0.4, 0.5) is 0 Å². The number of aromatic nitrogens is 3. The molecule has 1 aliphatic heterocycles. The fourth-order valence-electron chi connectivity index (χ4n) is 2.42. The van der Waals surface area contributed by atoms with Gasteiger partial charge in [0, 0.05) is 31.4 Å². The number of methoxy groups -OCH3 is 1. The van der Waals surface area contributed by atoms with E-state index in [0.29, 0.717) is 12.1 Å². The smallest absolute Gasteiger partial charge is 0.316 e. The molecule has 0 aromatic carbocycles. The first-order valence-electron chi connectivity index (χ1n) is 6.08. The molecule has 1 atom stereocenters. The van der Waals surface area contributed by atoms with E-state index >= 15 is 0 Å². The fraction of sp³-hybridized carbons (Fsp3) is 0.500. The Balaban J connectivity index is 2.05. The van der Waals surface area contributed by atoms with Crippen LogP contribution in [-0.2, 0) is 0 Å². The zero-order valence-corrected chi connectivity index (χ0v) is 10.6. The topological polar surface area (TPSA) is 66.1 Å². The predicted octanol–water partition coefficient (Wildman–Crippen LogP) is 0.543. The third kappa shape index (κ3) is 1.83. The van der Waals surface area contributed by atoms with Gasteiger partial charge >= 0.3 is 6.01 Å². The molecule has 2 N–H and O–H groups in total. The maximum absolute atomic E-state index is 5.10. The second-order valence-electron chi connectivity index (χ2n) is 4.56. The zero-order valence-electron chi connectivity index (χ0n) is 10.6. The molecule has 0 spiro atoms. The number of rotatable bonds is 2. The molecule has 0 saturated carbocycles. The van der Waals surface area contributed by atoms with Gasteiger partial charge in [0.2, 0.25) is 0 Å². The van der Waals surface area contributed by atoms with Crippen molar-refractivity contribution in [2.45, 2.75) is 6.04 Å². The first-order chi connectivity index (χ1) is 8.79. The average Bonchev–Trinajstić information content (AvgIpc) is 2.82. The second kappa shape index (κ2) is 4.55. The van der Waals surface area contributed by atoms with E-state index in [9.17, 15) is 0 Å². The quantitative estimate of drug-likeness (QED) is 0.811. The number of nitrogens with one attached hydrogen (secondary N) is 2. The van der Waals surface area contributed by atoms with E-state index < -0.39 is 0 Å². The van der Waals surface area contributed by atoms with E-state index in [1.807, 2.05) is 6.20 Å². The second-order valence-corrected chi connectivity index (χ2v) is 4.56. The minimum Gasteiger partial charge on any atom is -0.467 e. The van der Waals surface area contributed by atoms with Crippen LogP contribution in [0.1, 0.15) is 11.6 Å². The fourth-order valence-corrected chi connectivity index (χ4v) is 2.42. The van der Waals surface area contributed by atoms with Crippen molar-refractivity contribution in [1.82, 2.24) is 25.2 Å². The summed E-state index contributed by atoms with van der Waals surface area (Å²) >= 11 is 0. The first-order valence-corrected chi connectivity index (χ1v) is 6.08. The van der Waals surface area contributed by atoms with Gasteiger partial charge in [0.1, 0.15) is 5.52 Å². The van der Waals surface area contributed by atoms with Crippen molar-refractivity contribution in [2.24, 2.45) is 0 Å². The molecule has 18 heavy (non-hydrogen) atoms. The largest absolute Gasteiger partial charge is 0.467 e. The van der Waals surface area contributed by atoms with E-state index in [0.717, 1.165) is 30.7 Å². The number of aromatic amines is 1. The van der Waals surface area contributed by atoms with Crippen LogP contribution in [0, 0.1) is 0 Å². The Bertz CT molecular complexity index is 552. The Morgan fingerprint density at radius 1 is 1.50 bits per heavy atom. The van der Waals surface area contributed by atoms with Crippen LogP contribution >= 0.6 is 0 Å². The van der Waals surface area contributed by atoms with Crippen LogP contribution in [0.25, 0.3) is 11.0 Å². The summed E-state index contributed by atoms with van der Waals surface area (Å²) in [6.07, 6.45) is 3.79. The van der Waals surface area contributed by atoms with Crippen molar-refractivity contribution >= 4 is 11.0 Å². The van der Waals surface area contributed by atoms with Crippen molar-refractivity contribution in [1.29, 1.82) is 0 Å². The zero-order chi connectivity index (χ0) is 12.5. The van der Waals surface area contributed by atoms with Crippen molar-refractivity contribution < 1.29 is 4.74 Å². The Morgan fingerprint density at radius 2 is 2.39 bits per heavy atom. The molecular formula is C12H17N5O. The summed E-state index contributed by atoms with van der Waals surface area (Å²) in [5.41, 5.74) is 3.09. The number of nitrogens with zero attached hydrogens (tertiary/aromatic N) is 3. The first kappa shape index (κ1) is 11.4. The molecule has 3 rings (SSSR count). The highest BCUT2D eigenvalue weighted by atomic mass is 16.5. The van der Waals surface area contributed by atoms with Crippen molar-refractivity contribution in [3.8, 4) is 6.01 Å². The summed E-state index contributed by atoms with van der Waals surface area (Å²) in [5, 5.41) is 3.42. The number of likely N-dealkylation sites (N-methyl/N-ethyl adjacent to an activating group) is 1.